The highest BCUT2D eigenvalue weighted by atomic mass is 32.1. The summed E-state index contributed by atoms with van der Waals surface area (Å²) in [4.78, 5) is 3.00. The molecular weight excluding hydrogens is 156 g/mol. The Hall–Kier alpha value is -0.570. The Kier molecular flexibility index (Phi) is 1.42. The lowest BCUT2D eigenvalue weighted by atomic mass is 10.1. The number of nitrogens with zero attached hydrogens (tertiary/aromatic N) is 1. The first kappa shape index (κ1) is 7.10. The summed E-state index contributed by atoms with van der Waals surface area (Å²) in [6.45, 7) is 3.39. The van der Waals surface area contributed by atoms with Crippen molar-refractivity contribution >= 4 is 12.2 Å². The maximum Gasteiger partial charge on any atom is 0.177 e. The van der Waals surface area contributed by atoms with E-state index in [0.29, 0.717) is 5.41 Å². The summed E-state index contributed by atoms with van der Waals surface area (Å²) in [5.74, 6) is 0. The predicted molar refractivity (Wildman–Crippen MR) is 47.0 cm³/mol. The Bertz CT molecular complexity index is 306. The first-order valence-electron chi connectivity index (χ1n) is 3.93. The van der Waals surface area contributed by atoms with Gasteiger partial charge < -0.3 is 9.55 Å². The predicted octanol–water partition coefficient (Wildman–Crippen LogP) is 2.35. The highest BCUT2D eigenvalue weighted by Gasteiger charge is 2.37. The van der Waals surface area contributed by atoms with Gasteiger partial charge >= 0.3 is 0 Å². The Balaban J connectivity index is 2.18. The van der Waals surface area contributed by atoms with Gasteiger partial charge in [0.15, 0.2) is 4.77 Å². The highest BCUT2D eigenvalue weighted by Crippen LogP contribution is 2.46. The van der Waals surface area contributed by atoms with Crippen molar-refractivity contribution in [2.75, 3.05) is 0 Å². The van der Waals surface area contributed by atoms with Crippen LogP contribution in [0, 0.1) is 10.2 Å². The van der Waals surface area contributed by atoms with Crippen molar-refractivity contribution in [3.8, 4) is 0 Å². The Labute approximate surface area is 71.2 Å². The molecule has 1 aromatic rings. The van der Waals surface area contributed by atoms with Crippen LogP contribution in [0.3, 0.4) is 0 Å². The minimum atomic E-state index is 0.542. The topological polar surface area (TPSA) is 20.7 Å². The van der Waals surface area contributed by atoms with Gasteiger partial charge in [0.2, 0.25) is 0 Å². The molecule has 1 aliphatic rings. The zero-order valence-electron chi connectivity index (χ0n) is 6.63. The van der Waals surface area contributed by atoms with Crippen molar-refractivity contribution in [2.24, 2.45) is 5.41 Å². The van der Waals surface area contributed by atoms with Crippen LogP contribution in [0.4, 0.5) is 0 Å². The number of hydrogen-bond donors (Lipinski definition) is 1. The zero-order chi connectivity index (χ0) is 7.90. The molecule has 2 rings (SSSR count). The largest absolute Gasteiger partial charge is 0.337 e. The van der Waals surface area contributed by atoms with Crippen molar-refractivity contribution < 1.29 is 0 Å². The average Bonchev–Trinajstić information content (AvgIpc) is 2.54. The molecule has 0 aliphatic heterocycles. The minimum Gasteiger partial charge on any atom is -0.337 e. The molecule has 0 radical (unpaired) electrons. The monoisotopic (exact) mass is 168 g/mol. The molecule has 0 bridgehead atoms. The lowest BCUT2D eigenvalue weighted by Gasteiger charge is -2.07. The fraction of sp³-hybridized carbons (Fsp3) is 0.625. The molecule has 0 aromatic carbocycles. The number of hydrogen-bond acceptors (Lipinski definition) is 1. The van der Waals surface area contributed by atoms with E-state index in [1.54, 1.807) is 0 Å². The van der Waals surface area contributed by atoms with E-state index in [1.165, 1.54) is 12.8 Å². The number of imidazole rings is 1. The molecule has 1 fully saturated rings. The molecule has 0 unspecified atom stereocenters. The lowest BCUT2D eigenvalue weighted by Crippen LogP contribution is -2.06. The van der Waals surface area contributed by atoms with Crippen molar-refractivity contribution in [1.82, 2.24) is 9.55 Å². The van der Waals surface area contributed by atoms with Crippen molar-refractivity contribution in [3.63, 3.8) is 0 Å². The molecule has 1 aliphatic carbocycles. The van der Waals surface area contributed by atoms with E-state index in [4.69, 9.17) is 12.2 Å². The Morgan fingerprint density at radius 1 is 1.73 bits per heavy atom. The van der Waals surface area contributed by atoms with Gasteiger partial charge in [-0.3, -0.25) is 0 Å². The van der Waals surface area contributed by atoms with Crippen LogP contribution in [-0.4, -0.2) is 9.55 Å². The van der Waals surface area contributed by atoms with Gasteiger partial charge in [0.1, 0.15) is 0 Å². The van der Waals surface area contributed by atoms with Crippen LogP contribution in [0.1, 0.15) is 19.8 Å². The summed E-state index contributed by atoms with van der Waals surface area (Å²) in [6, 6.07) is 0. The highest BCUT2D eigenvalue weighted by molar-refractivity contribution is 7.71. The van der Waals surface area contributed by atoms with Crippen molar-refractivity contribution in [2.45, 2.75) is 26.3 Å². The van der Waals surface area contributed by atoms with Gasteiger partial charge in [-0.15, -0.1) is 0 Å². The summed E-state index contributed by atoms with van der Waals surface area (Å²) < 4.78 is 2.96. The Morgan fingerprint density at radius 2 is 2.45 bits per heavy atom. The third-order valence-electron chi connectivity index (χ3n) is 2.38. The van der Waals surface area contributed by atoms with Gasteiger partial charge in [-0.05, 0) is 30.5 Å². The van der Waals surface area contributed by atoms with Crippen LogP contribution >= 0.6 is 12.2 Å². The molecule has 1 aromatic heterocycles. The minimum absolute atomic E-state index is 0.542. The van der Waals surface area contributed by atoms with E-state index in [-0.39, 0.29) is 0 Å². The third-order valence-corrected chi connectivity index (χ3v) is 2.73. The van der Waals surface area contributed by atoms with Gasteiger partial charge in [0, 0.05) is 18.9 Å². The molecule has 3 heteroatoms. The van der Waals surface area contributed by atoms with Crippen LogP contribution in [0.2, 0.25) is 0 Å². The SMILES string of the molecule is CC1(Cn2cc[nH]c2=S)CC1. The average molecular weight is 168 g/mol. The molecule has 0 spiro atoms. The summed E-state index contributed by atoms with van der Waals surface area (Å²) >= 11 is 5.09. The van der Waals surface area contributed by atoms with Gasteiger partial charge in [-0.2, -0.15) is 0 Å². The third kappa shape index (κ3) is 1.38. The number of aromatic nitrogens is 2. The summed E-state index contributed by atoms with van der Waals surface area (Å²) in [7, 11) is 0. The fourth-order valence-electron chi connectivity index (χ4n) is 1.26. The molecule has 60 valence electrons. The molecular formula is C8H12N2S. The molecule has 2 nitrogen and oxygen atoms in total. The van der Waals surface area contributed by atoms with E-state index in [1.807, 2.05) is 12.4 Å². The Morgan fingerprint density at radius 3 is 2.91 bits per heavy atom. The number of nitrogens with one attached hydrogen (secondary N) is 1. The standard InChI is InChI=1S/C8H12N2S/c1-8(2-3-8)6-10-5-4-9-7(10)11/h4-5H,2-3,6H2,1H3,(H,9,11). The van der Waals surface area contributed by atoms with Crippen molar-refractivity contribution in [3.05, 3.63) is 17.2 Å². The van der Waals surface area contributed by atoms with Gasteiger partial charge in [-0.1, -0.05) is 6.92 Å². The number of H-pyrrole nitrogens is 1. The second kappa shape index (κ2) is 2.21. The van der Waals surface area contributed by atoms with Gasteiger partial charge in [0.25, 0.3) is 0 Å². The van der Waals surface area contributed by atoms with Crippen molar-refractivity contribution in [1.29, 1.82) is 0 Å². The zero-order valence-corrected chi connectivity index (χ0v) is 7.45. The fourth-order valence-corrected chi connectivity index (χ4v) is 1.45. The summed E-state index contributed by atoms with van der Waals surface area (Å²) in [5.41, 5.74) is 0.542. The normalized spacial score (nSPS) is 20.1. The molecule has 0 atom stereocenters. The lowest BCUT2D eigenvalue weighted by molar-refractivity contribution is 0.461. The van der Waals surface area contributed by atoms with E-state index in [0.717, 1.165) is 11.3 Å². The number of aromatic amines is 1. The van der Waals surface area contributed by atoms with E-state index < -0.39 is 0 Å². The summed E-state index contributed by atoms with van der Waals surface area (Å²) in [5, 5.41) is 0. The molecule has 1 saturated carbocycles. The van der Waals surface area contributed by atoms with E-state index >= 15 is 0 Å². The maximum absolute atomic E-state index is 5.09. The molecule has 1 heterocycles. The quantitative estimate of drug-likeness (QED) is 0.672. The van der Waals surface area contributed by atoms with E-state index in [2.05, 4.69) is 16.5 Å². The maximum atomic E-state index is 5.09. The van der Waals surface area contributed by atoms with E-state index in [9.17, 15) is 0 Å². The molecule has 11 heavy (non-hydrogen) atoms. The van der Waals surface area contributed by atoms with Crippen LogP contribution in [0.15, 0.2) is 12.4 Å². The first-order valence-corrected chi connectivity index (χ1v) is 4.34. The first-order chi connectivity index (χ1) is 5.20. The van der Waals surface area contributed by atoms with Gasteiger partial charge in [-0.25, -0.2) is 0 Å². The second-order valence-corrected chi connectivity index (χ2v) is 4.09. The van der Waals surface area contributed by atoms with Gasteiger partial charge in [0.05, 0.1) is 0 Å². The molecule has 0 saturated heterocycles. The van der Waals surface area contributed by atoms with Crippen LogP contribution in [0.25, 0.3) is 0 Å². The summed E-state index contributed by atoms with van der Waals surface area (Å²) in [6.07, 6.45) is 6.61. The van der Waals surface area contributed by atoms with Crippen LogP contribution < -0.4 is 0 Å². The van der Waals surface area contributed by atoms with Crippen LogP contribution in [-0.2, 0) is 6.54 Å². The second-order valence-electron chi connectivity index (χ2n) is 3.70. The van der Waals surface area contributed by atoms with Crippen LogP contribution in [0.5, 0.6) is 0 Å². The smallest absolute Gasteiger partial charge is 0.177 e. The molecule has 1 N–H and O–H groups in total. The number of rotatable bonds is 2. The molecule has 0 amide bonds.